The lowest BCUT2D eigenvalue weighted by atomic mass is 10.1. The average molecular weight is 245 g/mol. The summed E-state index contributed by atoms with van der Waals surface area (Å²) < 4.78 is 10.8. The van der Waals surface area contributed by atoms with Gasteiger partial charge in [0.05, 0.1) is 12.9 Å². The molecule has 0 aliphatic rings. The third kappa shape index (κ3) is 4.02. The van der Waals surface area contributed by atoms with Crippen LogP contribution in [0, 0.1) is 0 Å². The number of benzene rings is 1. The third-order valence-corrected chi connectivity index (χ3v) is 2.78. The van der Waals surface area contributed by atoms with Gasteiger partial charge in [-0.3, -0.25) is 0 Å². The summed E-state index contributed by atoms with van der Waals surface area (Å²) in [6, 6.07) is 12.3. The Morgan fingerprint density at radius 2 is 1.83 bits per heavy atom. The molecular formula is C15H19NO2. The Labute approximate surface area is 108 Å². The average Bonchev–Trinajstić information content (AvgIpc) is 2.91. The van der Waals surface area contributed by atoms with Gasteiger partial charge in [0.25, 0.3) is 0 Å². The fourth-order valence-corrected chi connectivity index (χ4v) is 1.74. The molecule has 96 valence electrons. The van der Waals surface area contributed by atoms with Crippen LogP contribution in [0.15, 0.2) is 47.1 Å². The van der Waals surface area contributed by atoms with E-state index >= 15 is 0 Å². The molecule has 0 saturated heterocycles. The maximum Gasteiger partial charge on any atom is 0.129 e. The van der Waals surface area contributed by atoms with Gasteiger partial charge in [0.1, 0.15) is 12.4 Å². The second-order valence-corrected chi connectivity index (χ2v) is 4.24. The Kier molecular flexibility index (Phi) is 5.00. The molecule has 0 amide bonds. The Morgan fingerprint density at radius 3 is 2.50 bits per heavy atom. The molecule has 1 aromatic heterocycles. The van der Waals surface area contributed by atoms with E-state index in [2.05, 4.69) is 29.6 Å². The second kappa shape index (κ2) is 6.99. The quantitative estimate of drug-likeness (QED) is 0.814. The van der Waals surface area contributed by atoms with Gasteiger partial charge in [0, 0.05) is 0 Å². The monoisotopic (exact) mass is 245 g/mol. The minimum atomic E-state index is 0.522. The topological polar surface area (TPSA) is 34.4 Å². The maximum atomic E-state index is 5.58. The van der Waals surface area contributed by atoms with Gasteiger partial charge < -0.3 is 14.5 Å². The molecule has 0 aliphatic heterocycles. The van der Waals surface area contributed by atoms with Crippen LogP contribution in [0.3, 0.4) is 0 Å². The molecule has 3 nitrogen and oxygen atoms in total. The van der Waals surface area contributed by atoms with E-state index in [1.807, 2.05) is 19.2 Å². The number of rotatable bonds is 7. The van der Waals surface area contributed by atoms with Gasteiger partial charge in [-0.1, -0.05) is 24.3 Å². The summed E-state index contributed by atoms with van der Waals surface area (Å²) in [6.07, 6.45) is 2.72. The predicted molar refractivity (Wildman–Crippen MR) is 71.3 cm³/mol. The normalized spacial score (nSPS) is 10.7. The molecule has 0 spiro atoms. The molecule has 1 N–H and O–H groups in total. The van der Waals surface area contributed by atoms with Gasteiger partial charge in [0.2, 0.25) is 0 Å². The standard InChI is InChI=1S/C15H19NO2/c1-16-9-8-13-4-6-14(7-5-13)11-17-12-15-3-2-10-18-15/h2-7,10,16H,8-9,11-12H2,1H3. The molecule has 2 rings (SSSR count). The lowest BCUT2D eigenvalue weighted by molar-refractivity contribution is 0.0929. The fraction of sp³-hybridized carbons (Fsp3) is 0.333. The Balaban J connectivity index is 1.75. The minimum Gasteiger partial charge on any atom is -0.467 e. The van der Waals surface area contributed by atoms with Gasteiger partial charge in [-0.2, -0.15) is 0 Å². The van der Waals surface area contributed by atoms with E-state index in [1.54, 1.807) is 6.26 Å². The molecule has 0 fully saturated rings. The van der Waals surface area contributed by atoms with Gasteiger partial charge in [0.15, 0.2) is 0 Å². The first-order chi connectivity index (χ1) is 8.88. The Hall–Kier alpha value is -1.58. The van der Waals surface area contributed by atoms with Crippen LogP contribution in [0.4, 0.5) is 0 Å². The van der Waals surface area contributed by atoms with Gasteiger partial charge in [-0.05, 0) is 43.3 Å². The highest BCUT2D eigenvalue weighted by Gasteiger charge is 1.98. The minimum absolute atomic E-state index is 0.522. The predicted octanol–water partition coefficient (Wildman–Crippen LogP) is 2.76. The van der Waals surface area contributed by atoms with Crippen LogP contribution in [-0.4, -0.2) is 13.6 Å². The van der Waals surface area contributed by atoms with E-state index in [0.29, 0.717) is 13.2 Å². The highest BCUT2D eigenvalue weighted by Crippen LogP contribution is 2.08. The largest absolute Gasteiger partial charge is 0.467 e. The number of hydrogen-bond donors (Lipinski definition) is 1. The number of furan rings is 1. The van der Waals surface area contributed by atoms with Gasteiger partial charge in [-0.25, -0.2) is 0 Å². The first-order valence-corrected chi connectivity index (χ1v) is 6.21. The molecule has 2 aromatic rings. The van der Waals surface area contributed by atoms with Crippen LogP contribution in [0.5, 0.6) is 0 Å². The molecule has 1 aromatic carbocycles. The van der Waals surface area contributed by atoms with Crippen LogP contribution >= 0.6 is 0 Å². The smallest absolute Gasteiger partial charge is 0.129 e. The first-order valence-electron chi connectivity index (χ1n) is 6.21. The Bertz CT molecular complexity index is 434. The zero-order valence-corrected chi connectivity index (χ0v) is 10.7. The zero-order chi connectivity index (χ0) is 12.6. The van der Waals surface area contributed by atoms with Gasteiger partial charge >= 0.3 is 0 Å². The van der Waals surface area contributed by atoms with Crippen LogP contribution in [0.25, 0.3) is 0 Å². The van der Waals surface area contributed by atoms with Crippen molar-refractivity contribution in [3.63, 3.8) is 0 Å². The van der Waals surface area contributed by atoms with Crippen molar-refractivity contribution in [2.24, 2.45) is 0 Å². The van der Waals surface area contributed by atoms with Crippen molar-refractivity contribution in [2.45, 2.75) is 19.6 Å². The van der Waals surface area contributed by atoms with E-state index in [9.17, 15) is 0 Å². The van der Waals surface area contributed by atoms with Gasteiger partial charge in [-0.15, -0.1) is 0 Å². The highest BCUT2D eigenvalue weighted by atomic mass is 16.5. The van der Waals surface area contributed by atoms with E-state index < -0.39 is 0 Å². The lowest BCUT2D eigenvalue weighted by Crippen LogP contribution is -2.10. The van der Waals surface area contributed by atoms with Crippen molar-refractivity contribution >= 4 is 0 Å². The first kappa shape index (κ1) is 12.9. The van der Waals surface area contributed by atoms with E-state index in [-0.39, 0.29) is 0 Å². The zero-order valence-electron chi connectivity index (χ0n) is 10.7. The summed E-state index contributed by atoms with van der Waals surface area (Å²) in [5.41, 5.74) is 2.54. The summed E-state index contributed by atoms with van der Waals surface area (Å²) in [7, 11) is 1.97. The van der Waals surface area contributed by atoms with Crippen molar-refractivity contribution in [3.05, 3.63) is 59.5 Å². The lowest BCUT2D eigenvalue weighted by Gasteiger charge is -2.05. The molecule has 0 radical (unpaired) electrons. The summed E-state index contributed by atoms with van der Waals surface area (Å²) in [5.74, 6) is 0.862. The number of likely N-dealkylation sites (N-methyl/N-ethyl adjacent to an activating group) is 1. The van der Waals surface area contributed by atoms with Crippen LogP contribution in [-0.2, 0) is 24.4 Å². The van der Waals surface area contributed by atoms with E-state index in [0.717, 1.165) is 18.7 Å². The van der Waals surface area contributed by atoms with Crippen molar-refractivity contribution in [2.75, 3.05) is 13.6 Å². The molecule has 18 heavy (non-hydrogen) atoms. The Morgan fingerprint density at radius 1 is 1.06 bits per heavy atom. The maximum absolute atomic E-state index is 5.58. The van der Waals surface area contributed by atoms with Crippen LogP contribution in [0.2, 0.25) is 0 Å². The molecule has 0 saturated carbocycles. The molecule has 3 heteroatoms. The molecule has 0 atom stereocenters. The number of hydrogen-bond acceptors (Lipinski definition) is 3. The molecule has 0 aliphatic carbocycles. The van der Waals surface area contributed by atoms with Crippen molar-refractivity contribution in [1.82, 2.24) is 5.32 Å². The summed E-state index contributed by atoms with van der Waals surface area (Å²) >= 11 is 0. The fourth-order valence-electron chi connectivity index (χ4n) is 1.74. The molecule has 1 heterocycles. The molecule has 0 unspecified atom stereocenters. The molecule has 0 bridgehead atoms. The summed E-state index contributed by atoms with van der Waals surface area (Å²) in [4.78, 5) is 0. The third-order valence-electron chi connectivity index (χ3n) is 2.78. The van der Waals surface area contributed by atoms with Crippen LogP contribution in [0.1, 0.15) is 16.9 Å². The second-order valence-electron chi connectivity index (χ2n) is 4.24. The van der Waals surface area contributed by atoms with E-state index in [1.165, 1.54) is 11.1 Å². The van der Waals surface area contributed by atoms with Crippen molar-refractivity contribution in [3.8, 4) is 0 Å². The highest BCUT2D eigenvalue weighted by molar-refractivity contribution is 5.22. The number of nitrogens with one attached hydrogen (secondary N) is 1. The van der Waals surface area contributed by atoms with Crippen molar-refractivity contribution < 1.29 is 9.15 Å². The summed E-state index contributed by atoms with van der Waals surface area (Å²) in [6.45, 7) is 2.15. The van der Waals surface area contributed by atoms with Crippen molar-refractivity contribution in [1.29, 1.82) is 0 Å². The van der Waals surface area contributed by atoms with E-state index in [4.69, 9.17) is 9.15 Å². The SMILES string of the molecule is CNCCc1ccc(COCc2ccco2)cc1. The number of ether oxygens (including phenoxy) is 1. The molecular weight excluding hydrogens is 226 g/mol. The summed E-state index contributed by atoms with van der Waals surface area (Å²) in [5, 5.41) is 3.15. The van der Waals surface area contributed by atoms with Crippen LogP contribution < -0.4 is 5.32 Å².